The summed E-state index contributed by atoms with van der Waals surface area (Å²) in [5.41, 5.74) is -1.30. The standard InChI is InChI=1S/C48H57F5N12O4/c1-47(2,66)25-4-6-28(18-25)56-43-54-23-37-41(62-43)64(30-10-14-68-15-11-30)45(59-37)58-36-9-8-33(50)32(39(36)53)22-48(3,67)26-5-7-29(19-26)57-44-55-24-38-42(63-44)65(31-12-16-69-17-13-31)46(60-38)61-40-34(51)20-27(49)21-35(40)52/h8-9,20-21,23-26,28-31,66-67H,4-7,10-19,22H2,1-3H3,(H,58,59)(H,60,61)(H,54,56,62)(H,55,57,63)/t25-,26+,28+,29-,48?/m0/s1. The number of hydrogen-bond acceptors (Lipinski definition) is 14. The number of rotatable bonds is 14. The third-order valence-corrected chi connectivity index (χ3v) is 14.6. The zero-order chi connectivity index (χ0) is 48.2. The van der Waals surface area contributed by atoms with Crippen molar-refractivity contribution in [3.05, 3.63) is 71.3 Å². The highest BCUT2D eigenvalue weighted by Gasteiger charge is 2.40. The summed E-state index contributed by atoms with van der Waals surface area (Å²) in [5, 5.41) is 35.3. The summed E-state index contributed by atoms with van der Waals surface area (Å²) in [4.78, 5) is 28.1. The van der Waals surface area contributed by atoms with Gasteiger partial charge < -0.3 is 41.0 Å². The molecular weight excluding hydrogens is 904 g/mol. The number of anilines is 6. The average molecular weight is 961 g/mol. The van der Waals surface area contributed by atoms with Gasteiger partial charge in [0.05, 0.1) is 29.3 Å². The number of fused-ring (bicyclic) bond motifs is 2. The van der Waals surface area contributed by atoms with Crippen molar-refractivity contribution < 1.29 is 41.6 Å². The summed E-state index contributed by atoms with van der Waals surface area (Å²) in [6.07, 6.45) is 9.47. The number of ether oxygens (including phenoxy) is 2. The first-order chi connectivity index (χ1) is 33.1. The van der Waals surface area contributed by atoms with Crippen molar-refractivity contribution in [2.24, 2.45) is 11.8 Å². The number of imidazole rings is 2. The average Bonchev–Trinajstić information content (AvgIpc) is 4.13. The van der Waals surface area contributed by atoms with Crippen LogP contribution in [0.25, 0.3) is 22.3 Å². The molecule has 6 aromatic rings. The molecule has 2 aliphatic carbocycles. The minimum Gasteiger partial charge on any atom is -0.390 e. The minimum atomic E-state index is -1.52. The first-order valence-corrected chi connectivity index (χ1v) is 23.9. The van der Waals surface area contributed by atoms with Gasteiger partial charge in [0.1, 0.15) is 28.4 Å². The molecule has 0 bridgehead atoms. The lowest BCUT2D eigenvalue weighted by atomic mass is 9.82. The number of hydrogen-bond donors (Lipinski definition) is 6. The van der Waals surface area contributed by atoms with E-state index in [9.17, 15) is 23.4 Å². The van der Waals surface area contributed by atoms with Crippen molar-refractivity contribution in [3.8, 4) is 0 Å². The van der Waals surface area contributed by atoms with Crippen LogP contribution in [0.4, 0.5) is 57.1 Å². The quantitative estimate of drug-likeness (QED) is 0.0567. The first-order valence-electron chi connectivity index (χ1n) is 23.9. The van der Waals surface area contributed by atoms with Gasteiger partial charge in [-0.15, -0.1) is 0 Å². The highest BCUT2D eigenvalue weighted by Crippen LogP contribution is 2.41. The smallest absolute Gasteiger partial charge is 0.224 e. The SMILES string of the molecule is CC(C)(O)[C@H]1CC[C@@H](Nc2ncc3nc(Nc4ccc(F)c(CC(C)(O)[C@@H]5CC[C@H](Nc6ncc7nc(Nc8c(F)cc(F)cc8F)n(C8CCOCC8)c7n6)C5)c4F)n(C4CCOCC4)c3n2)C1. The van der Waals surface area contributed by atoms with Crippen LogP contribution in [0.3, 0.4) is 0 Å². The molecule has 2 saturated carbocycles. The molecule has 2 aliphatic heterocycles. The van der Waals surface area contributed by atoms with Gasteiger partial charge in [0.2, 0.25) is 23.8 Å². The van der Waals surface area contributed by atoms with Gasteiger partial charge >= 0.3 is 0 Å². The van der Waals surface area contributed by atoms with Gasteiger partial charge in [-0.2, -0.15) is 9.97 Å². The van der Waals surface area contributed by atoms with Crippen LogP contribution in [0.5, 0.6) is 0 Å². The van der Waals surface area contributed by atoms with Gasteiger partial charge in [-0.1, -0.05) is 0 Å². The number of nitrogens with one attached hydrogen (secondary N) is 4. The summed E-state index contributed by atoms with van der Waals surface area (Å²) in [6, 6.07) is 3.32. The Labute approximate surface area is 394 Å². The van der Waals surface area contributed by atoms with E-state index < -0.39 is 46.0 Å². The molecule has 368 valence electrons. The Morgan fingerprint density at radius 3 is 1.67 bits per heavy atom. The predicted molar refractivity (Wildman–Crippen MR) is 248 cm³/mol. The van der Waals surface area contributed by atoms with Crippen molar-refractivity contribution in [2.45, 2.75) is 127 Å². The third kappa shape index (κ3) is 9.74. The second-order valence-corrected chi connectivity index (χ2v) is 19.9. The van der Waals surface area contributed by atoms with E-state index in [0.717, 1.165) is 19.3 Å². The molecule has 16 nitrogen and oxygen atoms in total. The van der Waals surface area contributed by atoms with Gasteiger partial charge in [0, 0.05) is 74.7 Å². The molecule has 4 aliphatic rings. The molecule has 69 heavy (non-hydrogen) atoms. The van der Waals surface area contributed by atoms with E-state index in [1.165, 1.54) is 18.3 Å². The molecule has 4 aromatic heterocycles. The number of halogens is 5. The molecule has 2 aromatic carbocycles. The van der Waals surface area contributed by atoms with Crippen molar-refractivity contribution in [1.82, 2.24) is 39.0 Å². The molecule has 21 heteroatoms. The number of nitrogens with zero attached hydrogens (tertiary/aromatic N) is 8. The van der Waals surface area contributed by atoms with Crippen LogP contribution >= 0.6 is 0 Å². The van der Waals surface area contributed by atoms with E-state index >= 15 is 8.78 Å². The maximum Gasteiger partial charge on any atom is 0.224 e. The Kier molecular flexibility index (Phi) is 12.8. The van der Waals surface area contributed by atoms with Crippen molar-refractivity contribution >= 4 is 57.5 Å². The Morgan fingerprint density at radius 2 is 1.14 bits per heavy atom. The Balaban J connectivity index is 0.854. The Morgan fingerprint density at radius 1 is 0.638 bits per heavy atom. The summed E-state index contributed by atoms with van der Waals surface area (Å²) in [6.45, 7) is 7.23. The van der Waals surface area contributed by atoms with Gasteiger partial charge in [-0.25, -0.2) is 41.9 Å². The van der Waals surface area contributed by atoms with Crippen LogP contribution in [0.15, 0.2) is 36.7 Å². The molecule has 1 unspecified atom stereocenters. The highest BCUT2D eigenvalue weighted by molar-refractivity contribution is 5.78. The van der Waals surface area contributed by atoms with E-state index in [0.29, 0.717) is 118 Å². The lowest BCUT2D eigenvalue weighted by molar-refractivity contribution is 0.000180. The lowest BCUT2D eigenvalue weighted by Gasteiger charge is -2.31. The van der Waals surface area contributed by atoms with E-state index in [1.54, 1.807) is 17.7 Å². The predicted octanol–water partition coefficient (Wildman–Crippen LogP) is 8.78. The number of aliphatic hydroxyl groups is 2. The van der Waals surface area contributed by atoms with Gasteiger partial charge in [-0.3, -0.25) is 9.13 Å². The van der Waals surface area contributed by atoms with Crippen LogP contribution < -0.4 is 21.3 Å². The van der Waals surface area contributed by atoms with Gasteiger partial charge in [0.25, 0.3) is 0 Å². The summed E-state index contributed by atoms with van der Waals surface area (Å²) >= 11 is 0. The molecule has 0 amide bonds. The fraction of sp³-hybridized carbons (Fsp3) is 0.542. The molecule has 5 atom stereocenters. The molecule has 0 radical (unpaired) electrons. The summed E-state index contributed by atoms with van der Waals surface area (Å²) < 4.78 is 90.6. The van der Waals surface area contributed by atoms with Gasteiger partial charge in [-0.05, 0) is 109 Å². The fourth-order valence-electron chi connectivity index (χ4n) is 10.7. The molecular formula is C48H57F5N12O4. The van der Waals surface area contributed by atoms with E-state index in [1.807, 2.05) is 18.4 Å². The monoisotopic (exact) mass is 960 g/mol. The molecule has 6 heterocycles. The third-order valence-electron chi connectivity index (χ3n) is 14.6. The zero-order valence-corrected chi connectivity index (χ0v) is 38.7. The van der Waals surface area contributed by atoms with E-state index in [2.05, 4.69) is 36.2 Å². The largest absolute Gasteiger partial charge is 0.390 e. The highest BCUT2D eigenvalue weighted by atomic mass is 19.2. The lowest BCUT2D eigenvalue weighted by Crippen LogP contribution is -2.37. The fourth-order valence-corrected chi connectivity index (χ4v) is 10.7. The molecule has 2 saturated heterocycles. The van der Waals surface area contributed by atoms with Crippen molar-refractivity contribution in [3.63, 3.8) is 0 Å². The molecule has 6 N–H and O–H groups in total. The zero-order valence-electron chi connectivity index (χ0n) is 38.7. The normalized spacial score (nSPS) is 22.6. The van der Waals surface area contributed by atoms with Crippen LogP contribution in [-0.4, -0.2) is 99.0 Å². The van der Waals surface area contributed by atoms with E-state index in [4.69, 9.17) is 24.4 Å². The molecule has 4 fully saturated rings. The van der Waals surface area contributed by atoms with Gasteiger partial charge in [0.15, 0.2) is 28.7 Å². The van der Waals surface area contributed by atoms with Crippen LogP contribution in [0.2, 0.25) is 0 Å². The van der Waals surface area contributed by atoms with Crippen LogP contribution in [0, 0.1) is 40.9 Å². The van der Waals surface area contributed by atoms with Crippen LogP contribution in [0.1, 0.15) is 103 Å². The molecule has 0 spiro atoms. The minimum absolute atomic E-state index is 0.00877. The van der Waals surface area contributed by atoms with E-state index in [-0.39, 0.29) is 65.6 Å². The summed E-state index contributed by atoms with van der Waals surface area (Å²) in [5.74, 6) is -3.99. The topological polar surface area (TPSA) is 194 Å². The second kappa shape index (κ2) is 18.9. The van der Waals surface area contributed by atoms with Crippen LogP contribution in [-0.2, 0) is 15.9 Å². The van der Waals surface area contributed by atoms with Crippen molar-refractivity contribution in [1.29, 1.82) is 0 Å². The number of aromatic nitrogens is 8. The maximum absolute atomic E-state index is 16.7. The maximum atomic E-state index is 16.7. The second-order valence-electron chi connectivity index (χ2n) is 19.9. The number of benzene rings is 2. The van der Waals surface area contributed by atoms with Crippen molar-refractivity contribution in [2.75, 3.05) is 47.7 Å². The Hall–Kier alpha value is -5.77. The Bertz CT molecular complexity index is 2820. The molecule has 10 rings (SSSR count). The first kappa shape index (κ1) is 46.9. The summed E-state index contributed by atoms with van der Waals surface area (Å²) in [7, 11) is 0.